The molecule has 1 saturated heterocycles. The van der Waals surface area contributed by atoms with Crippen LogP contribution in [-0.2, 0) is 17.3 Å². The maximum Gasteiger partial charge on any atom is 0.416 e. The summed E-state index contributed by atoms with van der Waals surface area (Å²) in [6, 6.07) is 8.56. The van der Waals surface area contributed by atoms with Gasteiger partial charge in [0.15, 0.2) is 0 Å². The van der Waals surface area contributed by atoms with Crippen LogP contribution < -0.4 is 15.5 Å². The van der Waals surface area contributed by atoms with Gasteiger partial charge in [0, 0.05) is 19.6 Å². The summed E-state index contributed by atoms with van der Waals surface area (Å²) >= 11 is 0. The van der Waals surface area contributed by atoms with E-state index in [1.165, 1.54) is 18.2 Å². The van der Waals surface area contributed by atoms with E-state index in [0.717, 1.165) is 17.7 Å². The number of alkyl halides is 3. The van der Waals surface area contributed by atoms with Crippen molar-refractivity contribution in [1.29, 1.82) is 0 Å². The zero-order valence-corrected chi connectivity index (χ0v) is 15.6. The monoisotopic (exact) mass is 411 g/mol. The van der Waals surface area contributed by atoms with Crippen molar-refractivity contribution >= 4 is 17.4 Å². The van der Waals surface area contributed by atoms with Gasteiger partial charge in [-0.25, -0.2) is 9.18 Å². The van der Waals surface area contributed by atoms with E-state index < -0.39 is 17.8 Å². The average molecular weight is 411 g/mol. The van der Waals surface area contributed by atoms with E-state index in [2.05, 4.69) is 10.6 Å². The molecule has 0 spiro atoms. The number of rotatable bonds is 5. The molecular weight excluding hydrogens is 390 g/mol. The predicted octanol–water partition coefficient (Wildman–Crippen LogP) is 4.05. The number of anilines is 2. The van der Waals surface area contributed by atoms with Gasteiger partial charge < -0.3 is 20.3 Å². The van der Waals surface area contributed by atoms with Crippen LogP contribution >= 0.6 is 0 Å². The molecule has 2 N–H and O–H groups in total. The molecule has 156 valence electrons. The lowest BCUT2D eigenvalue weighted by molar-refractivity contribution is -0.137. The number of carbonyl (C=O) groups is 1. The minimum absolute atomic E-state index is 0.0843. The van der Waals surface area contributed by atoms with Crippen molar-refractivity contribution in [1.82, 2.24) is 5.32 Å². The van der Waals surface area contributed by atoms with Crippen LogP contribution in [0, 0.1) is 5.82 Å². The minimum atomic E-state index is -4.51. The third-order valence-electron chi connectivity index (χ3n) is 4.54. The standard InChI is InChI=1S/C20H21F4N3O2/c21-16-4-1-14(2-5-16)7-8-25-19(28)26-17-13-15(20(22,23)24)3-6-18(17)27-9-11-29-12-10-27/h1-6,13H,7-12H2,(H2,25,26,28). The lowest BCUT2D eigenvalue weighted by Crippen LogP contribution is -2.37. The summed E-state index contributed by atoms with van der Waals surface area (Å²) in [6.45, 7) is 2.22. The van der Waals surface area contributed by atoms with Crippen LogP contribution in [0.25, 0.3) is 0 Å². The molecule has 0 bridgehead atoms. The summed E-state index contributed by atoms with van der Waals surface area (Å²) < 4.78 is 57.5. The summed E-state index contributed by atoms with van der Waals surface area (Å²) in [5.41, 5.74) is 0.590. The van der Waals surface area contributed by atoms with Gasteiger partial charge in [0.1, 0.15) is 5.82 Å². The average Bonchev–Trinajstić information content (AvgIpc) is 2.69. The van der Waals surface area contributed by atoms with Gasteiger partial charge in [-0.05, 0) is 42.3 Å². The molecule has 9 heteroatoms. The Kier molecular flexibility index (Phi) is 6.58. The first-order valence-electron chi connectivity index (χ1n) is 9.16. The van der Waals surface area contributed by atoms with Gasteiger partial charge in [-0.1, -0.05) is 12.1 Å². The molecule has 0 atom stereocenters. The Bertz CT molecular complexity index is 835. The lowest BCUT2D eigenvalue weighted by Gasteiger charge is -2.31. The number of hydrogen-bond acceptors (Lipinski definition) is 3. The number of amides is 2. The SMILES string of the molecule is O=C(NCCc1ccc(F)cc1)Nc1cc(C(F)(F)F)ccc1N1CCOCC1. The molecule has 1 aliphatic heterocycles. The molecule has 1 aliphatic rings. The van der Waals surface area contributed by atoms with E-state index >= 15 is 0 Å². The Balaban J connectivity index is 1.67. The number of carbonyl (C=O) groups excluding carboxylic acids is 1. The van der Waals surface area contributed by atoms with Crippen molar-refractivity contribution in [3.05, 3.63) is 59.4 Å². The van der Waals surface area contributed by atoms with Gasteiger partial charge in [-0.2, -0.15) is 13.2 Å². The molecule has 3 rings (SSSR count). The highest BCUT2D eigenvalue weighted by atomic mass is 19.4. The molecule has 2 aromatic rings. The van der Waals surface area contributed by atoms with Gasteiger partial charge >= 0.3 is 12.2 Å². The third kappa shape index (κ3) is 5.83. The second-order valence-corrected chi connectivity index (χ2v) is 6.59. The van der Waals surface area contributed by atoms with E-state index in [-0.39, 0.29) is 18.0 Å². The summed E-state index contributed by atoms with van der Waals surface area (Å²) in [5.74, 6) is -0.348. The molecule has 0 aromatic heterocycles. The molecule has 2 amide bonds. The molecule has 0 aliphatic carbocycles. The zero-order valence-electron chi connectivity index (χ0n) is 15.6. The van der Waals surface area contributed by atoms with Crippen molar-refractivity contribution < 1.29 is 27.1 Å². The second kappa shape index (κ2) is 9.13. The van der Waals surface area contributed by atoms with Gasteiger partial charge in [-0.15, -0.1) is 0 Å². The molecule has 5 nitrogen and oxygen atoms in total. The number of urea groups is 1. The van der Waals surface area contributed by atoms with Gasteiger partial charge in [0.25, 0.3) is 0 Å². The molecule has 29 heavy (non-hydrogen) atoms. The number of hydrogen-bond donors (Lipinski definition) is 2. The van der Waals surface area contributed by atoms with Crippen molar-refractivity contribution in [2.45, 2.75) is 12.6 Å². The summed E-state index contributed by atoms with van der Waals surface area (Å²) in [6.07, 6.45) is -4.05. The van der Waals surface area contributed by atoms with Crippen LogP contribution in [0.2, 0.25) is 0 Å². The van der Waals surface area contributed by atoms with Crippen LogP contribution in [-0.4, -0.2) is 38.9 Å². The third-order valence-corrected chi connectivity index (χ3v) is 4.54. The fourth-order valence-electron chi connectivity index (χ4n) is 3.03. The van der Waals surface area contributed by atoms with E-state index in [4.69, 9.17) is 4.74 Å². The largest absolute Gasteiger partial charge is 0.416 e. The number of ether oxygens (including phenoxy) is 1. The van der Waals surface area contributed by atoms with E-state index in [1.54, 1.807) is 12.1 Å². The lowest BCUT2D eigenvalue weighted by atomic mass is 10.1. The van der Waals surface area contributed by atoms with Gasteiger partial charge in [0.05, 0.1) is 30.2 Å². The number of morpholine rings is 1. The minimum Gasteiger partial charge on any atom is -0.378 e. The topological polar surface area (TPSA) is 53.6 Å². The van der Waals surface area contributed by atoms with Crippen LogP contribution in [0.4, 0.5) is 33.7 Å². The molecule has 2 aromatic carbocycles. The first-order chi connectivity index (χ1) is 13.8. The van der Waals surface area contributed by atoms with Crippen LogP contribution in [0.3, 0.4) is 0 Å². The first kappa shape index (κ1) is 20.9. The van der Waals surface area contributed by atoms with E-state index in [1.807, 2.05) is 4.90 Å². The summed E-state index contributed by atoms with van der Waals surface area (Å²) in [5, 5.41) is 5.14. The molecule has 1 heterocycles. The first-order valence-corrected chi connectivity index (χ1v) is 9.16. The fraction of sp³-hybridized carbons (Fsp3) is 0.350. The molecular formula is C20H21F4N3O2. The molecule has 0 unspecified atom stereocenters. The van der Waals surface area contributed by atoms with Gasteiger partial charge in [-0.3, -0.25) is 0 Å². The van der Waals surface area contributed by atoms with Crippen LogP contribution in [0.15, 0.2) is 42.5 Å². The molecule has 0 saturated carbocycles. The zero-order chi connectivity index (χ0) is 20.9. The predicted molar refractivity (Wildman–Crippen MR) is 102 cm³/mol. The van der Waals surface area contributed by atoms with Crippen molar-refractivity contribution in [2.24, 2.45) is 0 Å². The van der Waals surface area contributed by atoms with Crippen LogP contribution in [0.1, 0.15) is 11.1 Å². The highest BCUT2D eigenvalue weighted by molar-refractivity contribution is 5.93. The van der Waals surface area contributed by atoms with Crippen molar-refractivity contribution in [3.63, 3.8) is 0 Å². The van der Waals surface area contributed by atoms with Crippen molar-refractivity contribution in [2.75, 3.05) is 43.1 Å². The quantitative estimate of drug-likeness (QED) is 0.730. The van der Waals surface area contributed by atoms with Crippen molar-refractivity contribution in [3.8, 4) is 0 Å². The Morgan fingerprint density at radius 3 is 2.41 bits per heavy atom. The second-order valence-electron chi connectivity index (χ2n) is 6.59. The molecule has 1 fully saturated rings. The molecule has 0 radical (unpaired) electrons. The fourth-order valence-corrected chi connectivity index (χ4v) is 3.03. The Morgan fingerprint density at radius 1 is 1.07 bits per heavy atom. The Hall–Kier alpha value is -2.81. The summed E-state index contributed by atoms with van der Waals surface area (Å²) in [4.78, 5) is 14.1. The number of nitrogens with zero attached hydrogens (tertiary/aromatic N) is 1. The smallest absolute Gasteiger partial charge is 0.378 e. The highest BCUT2D eigenvalue weighted by Crippen LogP contribution is 2.35. The van der Waals surface area contributed by atoms with E-state index in [9.17, 15) is 22.4 Å². The Labute approximate surface area is 165 Å². The number of benzene rings is 2. The highest BCUT2D eigenvalue weighted by Gasteiger charge is 2.31. The Morgan fingerprint density at radius 2 is 1.76 bits per heavy atom. The maximum absolute atomic E-state index is 13.1. The number of halogens is 4. The van der Waals surface area contributed by atoms with Gasteiger partial charge in [0.2, 0.25) is 0 Å². The summed E-state index contributed by atoms with van der Waals surface area (Å²) in [7, 11) is 0. The van der Waals surface area contributed by atoms with Crippen LogP contribution in [0.5, 0.6) is 0 Å². The van der Waals surface area contributed by atoms with E-state index in [0.29, 0.717) is 38.4 Å². The normalized spacial score (nSPS) is 14.6. The number of nitrogens with one attached hydrogen (secondary N) is 2. The maximum atomic E-state index is 13.1.